The van der Waals surface area contributed by atoms with E-state index in [-0.39, 0.29) is 5.82 Å². The SMILES string of the molecule is CCNCC(O)Cc1ccc(Cl)cc1F. The van der Waals surface area contributed by atoms with Crippen LogP contribution in [0.2, 0.25) is 5.02 Å². The molecule has 1 unspecified atom stereocenters. The average molecular weight is 232 g/mol. The predicted molar refractivity (Wildman–Crippen MR) is 59.7 cm³/mol. The summed E-state index contributed by atoms with van der Waals surface area (Å²) in [6.07, 6.45) is -0.267. The highest BCUT2D eigenvalue weighted by molar-refractivity contribution is 6.30. The van der Waals surface area contributed by atoms with Gasteiger partial charge in [0.05, 0.1) is 6.10 Å². The van der Waals surface area contributed by atoms with Crippen LogP contribution >= 0.6 is 11.6 Å². The summed E-state index contributed by atoms with van der Waals surface area (Å²) in [5.74, 6) is -0.363. The molecule has 0 heterocycles. The summed E-state index contributed by atoms with van der Waals surface area (Å²) in [4.78, 5) is 0. The van der Waals surface area contributed by atoms with Gasteiger partial charge in [0.15, 0.2) is 0 Å². The van der Waals surface area contributed by atoms with Crippen LogP contribution < -0.4 is 5.32 Å². The van der Waals surface area contributed by atoms with E-state index in [1.807, 2.05) is 6.92 Å². The highest BCUT2D eigenvalue weighted by Gasteiger charge is 2.09. The molecule has 0 aliphatic carbocycles. The summed E-state index contributed by atoms with van der Waals surface area (Å²) < 4.78 is 13.3. The van der Waals surface area contributed by atoms with Gasteiger partial charge in [0.25, 0.3) is 0 Å². The van der Waals surface area contributed by atoms with E-state index >= 15 is 0 Å². The Morgan fingerprint density at radius 1 is 1.53 bits per heavy atom. The molecule has 0 fully saturated rings. The fraction of sp³-hybridized carbons (Fsp3) is 0.455. The van der Waals surface area contributed by atoms with Crippen molar-refractivity contribution in [1.82, 2.24) is 5.32 Å². The van der Waals surface area contributed by atoms with Gasteiger partial charge in [-0.3, -0.25) is 0 Å². The average Bonchev–Trinajstić information content (AvgIpc) is 2.19. The summed E-state index contributed by atoms with van der Waals surface area (Å²) in [7, 11) is 0. The molecule has 0 amide bonds. The van der Waals surface area contributed by atoms with Crippen LogP contribution in [0.1, 0.15) is 12.5 Å². The van der Waals surface area contributed by atoms with Crippen LogP contribution in [0.4, 0.5) is 4.39 Å². The lowest BCUT2D eigenvalue weighted by Crippen LogP contribution is -2.28. The molecule has 1 rings (SSSR count). The molecule has 84 valence electrons. The number of aliphatic hydroxyl groups excluding tert-OH is 1. The molecule has 0 aliphatic heterocycles. The first kappa shape index (κ1) is 12.4. The van der Waals surface area contributed by atoms with Crippen molar-refractivity contribution < 1.29 is 9.50 Å². The summed E-state index contributed by atoms with van der Waals surface area (Å²) in [6, 6.07) is 4.49. The minimum Gasteiger partial charge on any atom is -0.391 e. The molecule has 0 aromatic heterocycles. The van der Waals surface area contributed by atoms with E-state index in [1.165, 1.54) is 6.07 Å². The Morgan fingerprint density at radius 3 is 2.87 bits per heavy atom. The van der Waals surface area contributed by atoms with Crippen LogP contribution in [0.3, 0.4) is 0 Å². The van der Waals surface area contributed by atoms with Crippen molar-refractivity contribution in [3.05, 3.63) is 34.6 Å². The van der Waals surface area contributed by atoms with Crippen LogP contribution in [-0.4, -0.2) is 24.3 Å². The summed E-state index contributed by atoms with van der Waals surface area (Å²) in [5.41, 5.74) is 0.491. The zero-order valence-electron chi connectivity index (χ0n) is 8.63. The van der Waals surface area contributed by atoms with E-state index in [0.29, 0.717) is 23.6 Å². The Morgan fingerprint density at radius 2 is 2.27 bits per heavy atom. The highest BCUT2D eigenvalue weighted by atomic mass is 35.5. The number of aliphatic hydroxyl groups is 1. The van der Waals surface area contributed by atoms with Crippen LogP contribution in [0.5, 0.6) is 0 Å². The molecular formula is C11H15ClFNO. The van der Waals surface area contributed by atoms with Crippen LogP contribution in [0.25, 0.3) is 0 Å². The third-order valence-corrected chi connectivity index (χ3v) is 2.34. The molecule has 1 atom stereocenters. The summed E-state index contributed by atoms with van der Waals surface area (Å²) >= 11 is 5.62. The van der Waals surface area contributed by atoms with Gasteiger partial charge in [-0.15, -0.1) is 0 Å². The minimum absolute atomic E-state index is 0.302. The van der Waals surface area contributed by atoms with Crippen molar-refractivity contribution in [2.45, 2.75) is 19.4 Å². The molecule has 2 N–H and O–H groups in total. The van der Waals surface area contributed by atoms with Gasteiger partial charge in [-0.1, -0.05) is 24.6 Å². The van der Waals surface area contributed by atoms with Gasteiger partial charge < -0.3 is 10.4 Å². The molecule has 1 aromatic carbocycles. The molecule has 0 saturated carbocycles. The van der Waals surface area contributed by atoms with Crippen molar-refractivity contribution in [3.63, 3.8) is 0 Å². The largest absolute Gasteiger partial charge is 0.391 e. The third kappa shape index (κ3) is 4.16. The van der Waals surface area contributed by atoms with E-state index < -0.39 is 6.10 Å². The molecule has 0 saturated heterocycles. The minimum atomic E-state index is -0.569. The molecule has 1 aromatic rings. The Kier molecular flexibility index (Phi) is 5.02. The fourth-order valence-electron chi connectivity index (χ4n) is 1.32. The zero-order chi connectivity index (χ0) is 11.3. The quantitative estimate of drug-likeness (QED) is 0.813. The first-order chi connectivity index (χ1) is 7.13. The molecule has 0 bridgehead atoms. The predicted octanol–water partition coefficient (Wildman–Crippen LogP) is 1.99. The maximum atomic E-state index is 13.3. The maximum absolute atomic E-state index is 13.3. The number of hydrogen-bond donors (Lipinski definition) is 2. The molecule has 0 radical (unpaired) electrons. The maximum Gasteiger partial charge on any atom is 0.127 e. The van der Waals surface area contributed by atoms with Crippen molar-refractivity contribution in [1.29, 1.82) is 0 Å². The molecule has 0 spiro atoms. The second-order valence-corrected chi connectivity index (χ2v) is 3.84. The Bertz CT molecular complexity index is 319. The van der Waals surface area contributed by atoms with Crippen molar-refractivity contribution >= 4 is 11.6 Å². The fourth-order valence-corrected chi connectivity index (χ4v) is 1.48. The van der Waals surface area contributed by atoms with Gasteiger partial charge in [-0.25, -0.2) is 4.39 Å². The molecule has 2 nitrogen and oxygen atoms in total. The van der Waals surface area contributed by atoms with Crippen LogP contribution in [0.15, 0.2) is 18.2 Å². The number of benzene rings is 1. The number of hydrogen-bond acceptors (Lipinski definition) is 2. The first-order valence-electron chi connectivity index (χ1n) is 4.96. The second kappa shape index (κ2) is 6.05. The van der Waals surface area contributed by atoms with E-state index in [0.717, 1.165) is 6.54 Å². The first-order valence-corrected chi connectivity index (χ1v) is 5.34. The number of nitrogens with one attached hydrogen (secondary N) is 1. The van der Waals surface area contributed by atoms with E-state index in [1.54, 1.807) is 12.1 Å². The highest BCUT2D eigenvalue weighted by Crippen LogP contribution is 2.15. The van der Waals surface area contributed by atoms with E-state index in [9.17, 15) is 9.50 Å². The van der Waals surface area contributed by atoms with Crippen LogP contribution in [-0.2, 0) is 6.42 Å². The Labute approximate surface area is 94.1 Å². The lowest BCUT2D eigenvalue weighted by Gasteiger charge is -2.11. The molecular weight excluding hydrogens is 217 g/mol. The molecule has 0 aliphatic rings. The van der Waals surface area contributed by atoms with Crippen molar-refractivity contribution in [2.75, 3.05) is 13.1 Å². The van der Waals surface area contributed by atoms with E-state index in [4.69, 9.17) is 11.6 Å². The topological polar surface area (TPSA) is 32.3 Å². The normalized spacial score (nSPS) is 12.8. The van der Waals surface area contributed by atoms with Gasteiger partial charge in [0, 0.05) is 18.0 Å². The number of likely N-dealkylation sites (N-methyl/N-ethyl adjacent to an activating group) is 1. The van der Waals surface area contributed by atoms with Gasteiger partial charge in [-0.05, 0) is 24.2 Å². The Balaban J connectivity index is 2.56. The smallest absolute Gasteiger partial charge is 0.127 e. The number of rotatable bonds is 5. The third-order valence-electron chi connectivity index (χ3n) is 2.10. The summed E-state index contributed by atoms with van der Waals surface area (Å²) in [5, 5.41) is 12.9. The Hall–Kier alpha value is -0.640. The van der Waals surface area contributed by atoms with E-state index in [2.05, 4.69) is 5.32 Å². The molecule has 4 heteroatoms. The van der Waals surface area contributed by atoms with Gasteiger partial charge >= 0.3 is 0 Å². The summed E-state index contributed by atoms with van der Waals surface area (Å²) in [6.45, 7) is 3.22. The lowest BCUT2D eigenvalue weighted by molar-refractivity contribution is 0.171. The van der Waals surface area contributed by atoms with Gasteiger partial charge in [0.2, 0.25) is 0 Å². The molecule has 15 heavy (non-hydrogen) atoms. The number of halogens is 2. The van der Waals surface area contributed by atoms with Crippen LogP contribution in [0, 0.1) is 5.82 Å². The monoisotopic (exact) mass is 231 g/mol. The lowest BCUT2D eigenvalue weighted by atomic mass is 10.1. The van der Waals surface area contributed by atoms with Gasteiger partial charge in [-0.2, -0.15) is 0 Å². The zero-order valence-corrected chi connectivity index (χ0v) is 9.39. The standard InChI is InChI=1S/C11H15ClFNO/c1-2-14-7-10(15)5-8-3-4-9(12)6-11(8)13/h3-4,6,10,14-15H,2,5,7H2,1H3. The second-order valence-electron chi connectivity index (χ2n) is 3.40. The van der Waals surface area contributed by atoms with Crippen molar-refractivity contribution in [2.24, 2.45) is 0 Å². The van der Waals surface area contributed by atoms with Gasteiger partial charge in [0.1, 0.15) is 5.82 Å². The van der Waals surface area contributed by atoms with Crippen molar-refractivity contribution in [3.8, 4) is 0 Å².